The summed E-state index contributed by atoms with van der Waals surface area (Å²) in [5.41, 5.74) is 1.62. The minimum atomic E-state index is -0.432. The molecule has 0 unspecified atom stereocenters. The summed E-state index contributed by atoms with van der Waals surface area (Å²) in [4.78, 5) is 11.9. The van der Waals surface area contributed by atoms with Gasteiger partial charge in [-0.15, -0.1) is 0 Å². The standard InChI is InChI=1S/C15H18N2O3/c1-19-14(20-2)11-16-15(18)12-5-7-13(8-6-12)17-9-3-4-10-17/h3-10,14H,11H2,1-2H3,(H,16,18). The van der Waals surface area contributed by atoms with E-state index in [4.69, 9.17) is 9.47 Å². The van der Waals surface area contributed by atoms with Crippen LogP contribution in [0, 0.1) is 0 Å². The zero-order chi connectivity index (χ0) is 14.4. The van der Waals surface area contributed by atoms with E-state index >= 15 is 0 Å². The van der Waals surface area contributed by atoms with Gasteiger partial charge in [0.2, 0.25) is 0 Å². The van der Waals surface area contributed by atoms with Crippen molar-refractivity contribution in [3.8, 4) is 5.69 Å². The van der Waals surface area contributed by atoms with E-state index in [9.17, 15) is 4.79 Å². The van der Waals surface area contributed by atoms with E-state index in [-0.39, 0.29) is 5.91 Å². The summed E-state index contributed by atoms with van der Waals surface area (Å²) in [7, 11) is 3.07. The third kappa shape index (κ3) is 3.46. The fourth-order valence-corrected chi connectivity index (χ4v) is 1.83. The van der Waals surface area contributed by atoms with Gasteiger partial charge in [0.15, 0.2) is 6.29 Å². The van der Waals surface area contributed by atoms with Crippen LogP contribution in [0.15, 0.2) is 48.8 Å². The molecule has 2 aromatic rings. The summed E-state index contributed by atoms with van der Waals surface area (Å²) in [6.45, 7) is 0.311. The summed E-state index contributed by atoms with van der Waals surface area (Å²) in [5, 5.41) is 2.76. The maximum atomic E-state index is 11.9. The first kappa shape index (κ1) is 14.3. The quantitative estimate of drug-likeness (QED) is 0.818. The average Bonchev–Trinajstić information content (AvgIpc) is 3.02. The largest absolute Gasteiger partial charge is 0.354 e. The zero-order valence-corrected chi connectivity index (χ0v) is 11.6. The Morgan fingerprint density at radius 2 is 1.75 bits per heavy atom. The van der Waals surface area contributed by atoms with Gasteiger partial charge in [-0.1, -0.05) is 0 Å². The first-order valence-electron chi connectivity index (χ1n) is 6.32. The normalized spacial score (nSPS) is 10.8. The van der Waals surface area contributed by atoms with Crippen molar-refractivity contribution in [1.29, 1.82) is 0 Å². The van der Waals surface area contributed by atoms with Gasteiger partial charge in [-0.3, -0.25) is 4.79 Å². The number of benzene rings is 1. The van der Waals surface area contributed by atoms with Crippen LogP contribution in [0.1, 0.15) is 10.4 Å². The summed E-state index contributed by atoms with van der Waals surface area (Å²) in [6, 6.07) is 11.3. The molecule has 1 aromatic carbocycles. The Kier molecular flexibility index (Phi) is 4.92. The molecule has 0 aliphatic rings. The summed E-state index contributed by atoms with van der Waals surface area (Å²) >= 11 is 0. The number of carbonyl (C=O) groups excluding carboxylic acids is 1. The fourth-order valence-electron chi connectivity index (χ4n) is 1.83. The van der Waals surface area contributed by atoms with Crippen molar-refractivity contribution in [1.82, 2.24) is 9.88 Å². The molecule has 5 heteroatoms. The first-order chi connectivity index (χ1) is 9.74. The van der Waals surface area contributed by atoms with Crippen LogP contribution in [0.2, 0.25) is 0 Å². The van der Waals surface area contributed by atoms with Crippen LogP contribution < -0.4 is 5.32 Å². The molecule has 5 nitrogen and oxygen atoms in total. The summed E-state index contributed by atoms with van der Waals surface area (Å²) < 4.78 is 12.0. The number of ether oxygens (including phenoxy) is 2. The topological polar surface area (TPSA) is 52.5 Å². The van der Waals surface area contributed by atoms with Gasteiger partial charge in [0, 0.05) is 37.9 Å². The number of hydrogen-bond acceptors (Lipinski definition) is 3. The Morgan fingerprint density at radius 3 is 2.30 bits per heavy atom. The van der Waals surface area contributed by atoms with Gasteiger partial charge in [-0.2, -0.15) is 0 Å². The molecule has 0 saturated heterocycles. The Balaban J connectivity index is 1.97. The molecule has 0 atom stereocenters. The van der Waals surface area contributed by atoms with Crippen molar-refractivity contribution in [3.05, 3.63) is 54.4 Å². The van der Waals surface area contributed by atoms with Gasteiger partial charge in [0.1, 0.15) is 0 Å². The molecule has 0 bridgehead atoms. The van der Waals surface area contributed by atoms with Gasteiger partial charge in [0.25, 0.3) is 5.91 Å². The molecular formula is C15H18N2O3. The number of amides is 1. The second kappa shape index (κ2) is 6.88. The van der Waals surface area contributed by atoms with Gasteiger partial charge < -0.3 is 19.4 Å². The highest BCUT2D eigenvalue weighted by molar-refractivity contribution is 5.94. The molecule has 1 heterocycles. The summed E-state index contributed by atoms with van der Waals surface area (Å²) in [6.07, 6.45) is 3.48. The monoisotopic (exact) mass is 274 g/mol. The van der Waals surface area contributed by atoms with Crippen LogP contribution in [0.25, 0.3) is 5.69 Å². The molecule has 1 N–H and O–H groups in total. The minimum absolute atomic E-state index is 0.150. The first-order valence-corrected chi connectivity index (χ1v) is 6.32. The lowest BCUT2D eigenvalue weighted by molar-refractivity contribution is -0.0974. The molecule has 1 amide bonds. The van der Waals surface area contributed by atoms with Crippen molar-refractivity contribution >= 4 is 5.91 Å². The molecule has 0 fully saturated rings. The molecule has 0 spiro atoms. The molecule has 0 aliphatic carbocycles. The van der Waals surface area contributed by atoms with E-state index in [0.717, 1.165) is 5.69 Å². The van der Waals surface area contributed by atoms with Crippen molar-refractivity contribution in [2.45, 2.75) is 6.29 Å². The highest BCUT2D eigenvalue weighted by Crippen LogP contribution is 2.10. The lowest BCUT2D eigenvalue weighted by Gasteiger charge is -2.14. The second-order valence-corrected chi connectivity index (χ2v) is 4.25. The molecule has 0 saturated carbocycles. The van der Waals surface area contributed by atoms with E-state index in [1.807, 2.05) is 41.2 Å². The van der Waals surface area contributed by atoms with Crippen LogP contribution in [0.5, 0.6) is 0 Å². The van der Waals surface area contributed by atoms with Crippen LogP contribution >= 0.6 is 0 Å². The predicted molar refractivity (Wildman–Crippen MR) is 75.9 cm³/mol. The molecule has 0 radical (unpaired) electrons. The lowest BCUT2D eigenvalue weighted by atomic mass is 10.2. The van der Waals surface area contributed by atoms with Crippen LogP contribution in [-0.4, -0.2) is 37.5 Å². The molecular weight excluding hydrogens is 256 g/mol. The number of nitrogens with zero attached hydrogens (tertiary/aromatic N) is 1. The Hall–Kier alpha value is -2.11. The van der Waals surface area contributed by atoms with Gasteiger partial charge >= 0.3 is 0 Å². The summed E-state index contributed by atoms with van der Waals surface area (Å²) in [5.74, 6) is -0.150. The predicted octanol–water partition coefficient (Wildman–Crippen LogP) is 1.83. The Bertz CT molecular complexity index is 531. The number of nitrogens with one attached hydrogen (secondary N) is 1. The minimum Gasteiger partial charge on any atom is -0.354 e. The SMILES string of the molecule is COC(CNC(=O)c1ccc(-n2cccc2)cc1)OC. The van der Waals surface area contributed by atoms with Crippen LogP contribution in [-0.2, 0) is 9.47 Å². The van der Waals surface area contributed by atoms with E-state index in [1.54, 1.807) is 12.1 Å². The molecule has 1 aromatic heterocycles. The fraction of sp³-hybridized carbons (Fsp3) is 0.267. The van der Waals surface area contributed by atoms with Gasteiger partial charge in [-0.25, -0.2) is 0 Å². The van der Waals surface area contributed by atoms with E-state index in [2.05, 4.69) is 5.32 Å². The van der Waals surface area contributed by atoms with Crippen molar-refractivity contribution in [2.24, 2.45) is 0 Å². The van der Waals surface area contributed by atoms with Crippen molar-refractivity contribution < 1.29 is 14.3 Å². The molecule has 106 valence electrons. The Labute approximate surface area is 118 Å². The van der Waals surface area contributed by atoms with Crippen molar-refractivity contribution in [2.75, 3.05) is 20.8 Å². The number of carbonyl (C=O) groups is 1. The highest BCUT2D eigenvalue weighted by Gasteiger charge is 2.09. The van der Waals surface area contributed by atoms with Crippen LogP contribution in [0.3, 0.4) is 0 Å². The van der Waals surface area contributed by atoms with Gasteiger partial charge in [0.05, 0.1) is 6.54 Å². The van der Waals surface area contributed by atoms with Gasteiger partial charge in [-0.05, 0) is 36.4 Å². The third-order valence-corrected chi connectivity index (χ3v) is 2.99. The number of methoxy groups -OCH3 is 2. The van der Waals surface area contributed by atoms with Crippen molar-refractivity contribution in [3.63, 3.8) is 0 Å². The maximum Gasteiger partial charge on any atom is 0.251 e. The molecule has 2 rings (SSSR count). The Morgan fingerprint density at radius 1 is 1.15 bits per heavy atom. The molecule has 20 heavy (non-hydrogen) atoms. The smallest absolute Gasteiger partial charge is 0.251 e. The lowest BCUT2D eigenvalue weighted by Crippen LogP contribution is -2.34. The zero-order valence-electron chi connectivity index (χ0n) is 11.6. The van der Waals surface area contributed by atoms with E-state index in [1.165, 1.54) is 14.2 Å². The van der Waals surface area contributed by atoms with Crippen LogP contribution in [0.4, 0.5) is 0 Å². The number of aromatic nitrogens is 1. The second-order valence-electron chi connectivity index (χ2n) is 4.25. The number of rotatable bonds is 6. The van der Waals surface area contributed by atoms with E-state index in [0.29, 0.717) is 12.1 Å². The average molecular weight is 274 g/mol. The molecule has 0 aliphatic heterocycles. The van der Waals surface area contributed by atoms with E-state index < -0.39 is 6.29 Å². The highest BCUT2D eigenvalue weighted by atomic mass is 16.7. The third-order valence-electron chi connectivity index (χ3n) is 2.99. The number of hydrogen-bond donors (Lipinski definition) is 1. The maximum absolute atomic E-state index is 11.9.